The number of hydrogen-bond donors (Lipinski definition) is 2. The van der Waals surface area contributed by atoms with Crippen LogP contribution in [0.5, 0.6) is 0 Å². The smallest absolute Gasteiger partial charge is 0.268 e. The number of nitrogens with zero attached hydrogens (tertiary/aromatic N) is 1. The number of carbonyl (C=O) groups is 1. The van der Waals surface area contributed by atoms with Crippen LogP contribution in [0.1, 0.15) is 42.7 Å². The summed E-state index contributed by atoms with van der Waals surface area (Å²) in [6.45, 7) is 2.60. The minimum absolute atomic E-state index is 0.0109. The van der Waals surface area contributed by atoms with Crippen molar-refractivity contribution < 1.29 is 9.53 Å². The van der Waals surface area contributed by atoms with Gasteiger partial charge in [0.1, 0.15) is 5.69 Å². The first-order valence-corrected chi connectivity index (χ1v) is 7.95. The van der Waals surface area contributed by atoms with E-state index in [1.165, 1.54) is 0 Å². The molecule has 20 heavy (non-hydrogen) atoms. The quantitative estimate of drug-likeness (QED) is 0.858. The zero-order valence-corrected chi connectivity index (χ0v) is 13.1. The Morgan fingerprint density at radius 1 is 1.60 bits per heavy atom. The molecule has 1 aromatic rings. The molecule has 2 aliphatic carbocycles. The summed E-state index contributed by atoms with van der Waals surface area (Å²) in [6, 6.07) is 2.25. The van der Waals surface area contributed by atoms with Gasteiger partial charge in [-0.3, -0.25) is 4.79 Å². The zero-order chi connectivity index (χ0) is 14.3. The molecule has 3 unspecified atom stereocenters. The maximum atomic E-state index is 12.4. The summed E-state index contributed by atoms with van der Waals surface area (Å²) < 4.78 is 8.58. The fraction of sp³-hybridized carbons (Fsp3) is 0.643. The van der Waals surface area contributed by atoms with Crippen LogP contribution in [0.25, 0.3) is 0 Å². The van der Waals surface area contributed by atoms with E-state index >= 15 is 0 Å². The average Bonchev–Trinajstić information content (AvgIpc) is 3.18. The zero-order valence-electron chi connectivity index (χ0n) is 11.5. The van der Waals surface area contributed by atoms with Crippen molar-refractivity contribution in [1.29, 1.82) is 0 Å². The van der Waals surface area contributed by atoms with Crippen molar-refractivity contribution in [2.24, 2.45) is 5.73 Å². The third kappa shape index (κ3) is 2.64. The Kier molecular flexibility index (Phi) is 3.88. The number of halogens is 1. The summed E-state index contributed by atoms with van der Waals surface area (Å²) >= 11 is 3.44. The monoisotopic (exact) mass is 341 g/mol. The molecule has 0 radical (unpaired) electrons. The van der Waals surface area contributed by atoms with Crippen LogP contribution in [0.15, 0.2) is 16.7 Å². The van der Waals surface area contributed by atoms with Crippen molar-refractivity contribution in [3.63, 3.8) is 0 Å². The molecule has 1 aromatic heterocycles. The average molecular weight is 342 g/mol. The third-order valence-corrected chi connectivity index (χ3v) is 4.47. The lowest BCUT2D eigenvalue weighted by molar-refractivity contribution is -0.0301. The summed E-state index contributed by atoms with van der Waals surface area (Å²) in [4.78, 5) is 12.4. The minimum atomic E-state index is -0.0798. The van der Waals surface area contributed by atoms with Crippen molar-refractivity contribution >= 4 is 21.8 Å². The van der Waals surface area contributed by atoms with Crippen LogP contribution in [-0.4, -0.2) is 35.3 Å². The highest BCUT2D eigenvalue weighted by Crippen LogP contribution is 2.37. The van der Waals surface area contributed by atoms with Crippen molar-refractivity contribution in [1.82, 2.24) is 9.88 Å². The van der Waals surface area contributed by atoms with E-state index < -0.39 is 0 Å². The molecule has 3 N–H and O–H groups in total. The molecule has 1 heterocycles. The maximum Gasteiger partial charge on any atom is 0.268 e. The Hall–Kier alpha value is -0.850. The number of carbonyl (C=O) groups excluding carboxylic acids is 1. The molecule has 2 fully saturated rings. The van der Waals surface area contributed by atoms with E-state index in [1.807, 2.05) is 19.2 Å². The maximum absolute atomic E-state index is 12.4. The highest BCUT2D eigenvalue weighted by atomic mass is 79.9. The number of rotatable bonds is 5. The standard InChI is InChI=1S/C14H20BrN3O2/c1-2-20-12-6-10(16)13(12)17-14(19)11-5-8(15)7-18(11)9-3-4-9/h5,7,9-10,12-13H,2-4,6,16H2,1H3,(H,17,19). The molecule has 2 aliphatic rings. The normalized spacial score (nSPS) is 29.1. The van der Waals surface area contributed by atoms with Crippen LogP contribution in [0.4, 0.5) is 0 Å². The summed E-state index contributed by atoms with van der Waals surface area (Å²) in [7, 11) is 0. The van der Waals surface area contributed by atoms with E-state index in [0.29, 0.717) is 18.3 Å². The molecule has 0 aromatic carbocycles. The second-order valence-corrected chi connectivity index (χ2v) is 6.49. The number of nitrogens with one attached hydrogen (secondary N) is 1. The number of nitrogens with two attached hydrogens (primary N) is 1. The molecule has 5 nitrogen and oxygen atoms in total. The first kappa shape index (κ1) is 14.1. The fourth-order valence-corrected chi connectivity index (χ4v) is 3.17. The van der Waals surface area contributed by atoms with Crippen LogP contribution >= 0.6 is 15.9 Å². The third-order valence-electron chi connectivity index (χ3n) is 4.03. The first-order chi connectivity index (χ1) is 9.60. The molecule has 0 bridgehead atoms. The Balaban J connectivity index is 1.70. The van der Waals surface area contributed by atoms with Gasteiger partial charge in [-0.25, -0.2) is 0 Å². The summed E-state index contributed by atoms with van der Waals surface area (Å²) in [5, 5.41) is 3.02. The van der Waals surface area contributed by atoms with E-state index in [0.717, 1.165) is 23.7 Å². The molecule has 2 saturated carbocycles. The van der Waals surface area contributed by atoms with Gasteiger partial charge in [0.05, 0.1) is 12.1 Å². The Labute approximate surface area is 127 Å². The SMILES string of the molecule is CCOC1CC(N)C1NC(=O)c1cc(Br)cn1C1CC1. The molecular weight excluding hydrogens is 322 g/mol. The van der Waals surface area contributed by atoms with Gasteiger partial charge in [0.25, 0.3) is 5.91 Å². The van der Waals surface area contributed by atoms with Gasteiger partial charge in [0, 0.05) is 29.4 Å². The lowest BCUT2D eigenvalue weighted by atomic mass is 9.83. The van der Waals surface area contributed by atoms with Gasteiger partial charge in [-0.05, 0) is 48.2 Å². The van der Waals surface area contributed by atoms with Crippen molar-refractivity contribution in [3.05, 3.63) is 22.4 Å². The van der Waals surface area contributed by atoms with Crippen LogP contribution in [0.3, 0.4) is 0 Å². The Morgan fingerprint density at radius 2 is 2.35 bits per heavy atom. The first-order valence-electron chi connectivity index (χ1n) is 7.15. The minimum Gasteiger partial charge on any atom is -0.376 e. The summed E-state index contributed by atoms with van der Waals surface area (Å²) in [5.74, 6) is -0.0625. The van der Waals surface area contributed by atoms with E-state index in [-0.39, 0.29) is 24.1 Å². The van der Waals surface area contributed by atoms with Gasteiger partial charge in [0.2, 0.25) is 0 Å². The molecule has 110 valence electrons. The van der Waals surface area contributed by atoms with Gasteiger partial charge in [-0.15, -0.1) is 0 Å². The second-order valence-electron chi connectivity index (χ2n) is 5.57. The largest absolute Gasteiger partial charge is 0.376 e. The highest BCUT2D eigenvalue weighted by molar-refractivity contribution is 9.10. The van der Waals surface area contributed by atoms with Gasteiger partial charge < -0.3 is 20.4 Å². The molecule has 0 spiro atoms. The lowest BCUT2D eigenvalue weighted by Crippen LogP contribution is -2.64. The summed E-state index contributed by atoms with van der Waals surface area (Å²) in [5.41, 5.74) is 6.68. The van der Waals surface area contributed by atoms with Crippen molar-refractivity contribution in [2.45, 2.75) is 50.4 Å². The van der Waals surface area contributed by atoms with Crippen molar-refractivity contribution in [2.75, 3.05) is 6.61 Å². The Bertz CT molecular complexity index is 511. The molecule has 0 aliphatic heterocycles. The van der Waals surface area contributed by atoms with Gasteiger partial charge >= 0.3 is 0 Å². The Morgan fingerprint density at radius 3 is 2.95 bits per heavy atom. The second kappa shape index (κ2) is 5.50. The van der Waals surface area contributed by atoms with Crippen molar-refractivity contribution in [3.8, 4) is 0 Å². The van der Waals surface area contributed by atoms with Gasteiger partial charge in [-0.1, -0.05) is 0 Å². The molecule has 3 atom stereocenters. The summed E-state index contributed by atoms with van der Waals surface area (Å²) in [6.07, 6.45) is 5.13. The topological polar surface area (TPSA) is 69.3 Å². The van der Waals surface area contributed by atoms with E-state index in [1.54, 1.807) is 0 Å². The van der Waals surface area contributed by atoms with E-state index in [4.69, 9.17) is 10.5 Å². The lowest BCUT2D eigenvalue weighted by Gasteiger charge is -2.42. The van der Waals surface area contributed by atoms with Crippen LogP contribution in [0, 0.1) is 0 Å². The molecular formula is C14H20BrN3O2. The van der Waals surface area contributed by atoms with Gasteiger partial charge in [0.15, 0.2) is 0 Å². The number of ether oxygens (including phenoxy) is 1. The van der Waals surface area contributed by atoms with E-state index in [9.17, 15) is 4.79 Å². The predicted octanol–water partition coefficient (Wildman–Crippen LogP) is 1.82. The number of aromatic nitrogens is 1. The molecule has 0 saturated heterocycles. The molecule has 3 rings (SSSR count). The highest BCUT2D eigenvalue weighted by Gasteiger charge is 2.41. The van der Waals surface area contributed by atoms with Crippen LogP contribution < -0.4 is 11.1 Å². The van der Waals surface area contributed by atoms with E-state index in [2.05, 4.69) is 25.8 Å². The number of hydrogen-bond acceptors (Lipinski definition) is 3. The fourth-order valence-electron chi connectivity index (χ4n) is 2.73. The molecule has 6 heteroatoms. The van der Waals surface area contributed by atoms with Crippen LogP contribution in [0.2, 0.25) is 0 Å². The van der Waals surface area contributed by atoms with Gasteiger partial charge in [-0.2, -0.15) is 0 Å². The number of amides is 1. The molecule has 1 amide bonds. The predicted molar refractivity (Wildman–Crippen MR) is 79.7 cm³/mol. The van der Waals surface area contributed by atoms with Crippen LogP contribution in [-0.2, 0) is 4.74 Å².